The van der Waals surface area contributed by atoms with Crippen LogP contribution in [-0.2, 0) is 17.3 Å². The van der Waals surface area contributed by atoms with E-state index in [1.807, 2.05) is 25.1 Å². The number of fused-ring (bicyclic) bond motifs is 1. The molecule has 4 nitrogen and oxygen atoms in total. The molecule has 0 spiro atoms. The summed E-state index contributed by atoms with van der Waals surface area (Å²) < 4.78 is 20.0. The second-order valence-corrected chi connectivity index (χ2v) is 7.37. The second kappa shape index (κ2) is 7.22. The molecule has 0 aliphatic rings. The van der Waals surface area contributed by atoms with Gasteiger partial charge in [0.05, 0.1) is 12.1 Å². The van der Waals surface area contributed by atoms with Gasteiger partial charge in [-0.15, -0.1) is 0 Å². The van der Waals surface area contributed by atoms with Crippen molar-refractivity contribution in [2.75, 3.05) is 12.9 Å². The highest BCUT2D eigenvalue weighted by molar-refractivity contribution is 7.84. The number of H-pyrrole nitrogens is 1. The molecule has 1 aromatic heterocycles. The molecule has 21 heavy (non-hydrogen) atoms. The topological polar surface area (TPSA) is 47.0 Å². The highest BCUT2D eigenvalue weighted by Gasteiger charge is 2.11. The number of nitrogens with one attached hydrogen (secondary N) is 1. The Labute approximate surface area is 133 Å². The number of hydrogen-bond acceptors (Lipinski definition) is 3. The standard InChI is InChI=1S/C15H22N2O2S2/c1-4-10-19-13-7-5-6-12-14(13)16-15(20)17(12)9-8-11(2)21(3)18/h5-7,11H,4,8-10H2,1-3H3,(H,16,20). The molecule has 1 N–H and O–H groups in total. The fraction of sp³-hybridized carbons (Fsp3) is 0.533. The molecule has 0 aliphatic heterocycles. The molecule has 116 valence electrons. The van der Waals surface area contributed by atoms with Gasteiger partial charge in [0.25, 0.3) is 0 Å². The maximum absolute atomic E-state index is 11.5. The smallest absolute Gasteiger partial charge is 0.178 e. The zero-order valence-corrected chi connectivity index (χ0v) is 14.4. The predicted molar refractivity (Wildman–Crippen MR) is 91.1 cm³/mol. The largest absolute Gasteiger partial charge is 0.491 e. The van der Waals surface area contributed by atoms with Crippen LogP contribution in [0.2, 0.25) is 0 Å². The number of aryl methyl sites for hydroxylation is 1. The van der Waals surface area contributed by atoms with Crippen molar-refractivity contribution >= 4 is 34.1 Å². The van der Waals surface area contributed by atoms with Crippen LogP contribution in [0, 0.1) is 4.77 Å². The van der Waals surface area contributed by atoms with E-state index in [-0.39, 0.29) is 5.25 Å². The zero-order chi connectivity index (χ0) is 15.4. The van der Waals surface area contributed by atoms with E-state index in [4.69, 9.17) is 17.0 Å². The molecular formula is C15H22N2O2S2. The van der Waals surface area contributed by atoms with Crippen LogP contribution < -0.4 is 4.74 Å². The summed E-state index contributed by atoms with van der Waals surface area (Å²) >= 11 is 5.42. The van der Waals surface area contributed by atoms with Gasteiger partial charge >= 0.3 is 0 Å². The lowest BCUT2D eigenvalue weighted by Crippen LogP contribution is -2.12. The summed E-state index contributed by atoms with van der Waals surface area (Å²) in [5.41, 5.74) is 1.99. The van der Waals surface area contributed by atoms with Crippen LogP contribution in [0.15, 0.2) is 18.2 Å². The molecular weight excluding hydrogens is 304 g/mol. The molecule has 2 aromatic rings. The van der Waals surface area contributed by atoms with Crippen LogP contribution in [0.5, 0.6) is 5.75 Å². The van der Waals surface area contributed by atoms with Gasteiger partial charge in [-0.05, 0) is 37.2 Å². The number of ether oxygens (including phenoxy) is 1. The summed E-state index contributed by atoms with van der Waals surface area (Å²) in [6.45, 7) is 5.54. The van der Waals surface area contributed by atoms with Gasteiger partial charge in [-0.3, -0.25) is 4.21 Å². The molecule has 0 saturated carbocycles. The minimum atomic E-state index is -0.803. The highest BCUT2D eigenvalue weighted by atomic mass is 32.2. The van der Waals surface area contributed by atoms with E-state index in [0.29, 0.717) is 11.4 Å². The third-order valence-corrected chi connectivity index (χ3v) is 5.25. The third-order valence-electron chi connectivity index (χ3n) is 3.56. The van der Waals surface area contributed by atoms with Gasteiger partial charge in [0, 0.05) is 28.9 Å². The summed E-state index contributed by atoms with van der Waals surface area (Å²) in [5, 5.41) is 0.163. The fourth-order valence-electron chi connectivity index (χ4n) is 2.19. The Morgan fingerprint density at radius 2 is 2.24 bits per heavy atom. The summed E-state index contributed by atoms with van der Waals surface area (Å²) in [7, 11) is -0.803. The molecule has 2 unspecified atom stereocenters. The van der Waals surface area contributed by atoms with Crippen LogP contribution in [0.25, 0.3) is 11.0 Å². The molecule has 0 fully saturated rings. The monoisotopic (exact) mass is 326 g/mol. The minimum absolute atomic E-state index is 0.163. The van der Waals surface area contributed by atoms with Crippen molar-refractivity contribution in [2.45, 2.75) is 38.5 Å². The van der Waals surface area contributed by atoms with Crippen molar-refractivity contribution in [1.82, 2.24) is 9.55 Å². The molecule has 0 saturated heterocycles. The summed E-state index contributed by atoms with van der Waals surface area (Å²) in [6.07, 6.45) is 3.55. The molecule has 1 aromatic carbocycles. The van der Waals surface area contributed by atoms with Gasteiger partial charge in [-0.25, -0.2) is 0 Å². The maximum atomic E-state index is 11.5. The van der Waals surface area contributed by atoms with Crippen LogP contribution in [0.3, 0.4) is 0 Å². The average molecular weight is 326 g/mol. The summed E-state index contributed by atoms with van der Waals surface area (Å²) in [5.74, 6) is 0.839. The van der Waals surface area contributed by atoms with Crippen molar-refractivity contribution in [2.24, 2.45) is 0 Å². The Hall–Kier alpha value is -1.14. The van der Waals surface area contributed by atoms with E-state index in [0.717, 1.165) is 36.2 Å². The van der Waals surface area contributed by atoms with Crippen molar-refractivity contribution in [1.29, 1.82) is 0 Å². The average Bonchev–Trinajstić information content (AvgIpc) is 2.78. The number of benzene rings is 1. The van der Waals surface area contributed by atoms with Gasteiger partial charge in [0.1, 0.15) is 11.3 Å². The Morgan fingerprint density at radius 1 is 1.48 bits per heavy atom. The highest BCUT2D eigenvalue weighted by Crippen LogP contribution is 2.25. The first kappa shape index (κ1) is 16.2. The Morgan fingerprint density at radius 3 is 2.90 bits per heavy atom. The lowest BCUT2D eigenvalue weighted by Gasteiger charge is -2.10. The first-order chi connectivity index (χ1) is 10.0. The molecule has 1 heterocycles. The molecule has 0 radical (unpaired) electrons. The predicted octanol–water partition coefficient (Wildman–Crippen LogP) is 3.64. The van der Waals surface area contributed by atoms with Crippen LogP contribution >= 0.6 is 12.2 Å². The van der Waals surface area contributed by atoms with E-state index < -0.39 is 10.8 Å². The normalized spacial score (nSPS) is 14.2. The van der Waals surface area contributed by atoms with Crippen LogP contribution in [0.1, 0.15) is 26.7 Å². The number of hydrogen-bond donors (Lipinski definition) is 1. The van der Waals surface area contributed by atoms with Crippen molar-refractivity contribution in [3.05, 3.63) is 23.0 Å². The van der Waals surface area contributed by atoms with Gasteiger partial charge < -0.3 is 14.3 Å². The van der Waals surface area contributed by atoms with Gasteiger partial charge in [0.15, 0.2) is 4.77 Å². The van der Waals surface area contributed by atoms with Crippen LogP contribution in [0.4, 0.5) is 0 Å². The van der Waals surface area contributed by atoms with Crippen molar-refractivity contribution in [3.63, 3.8) is 0 Å². The van der Waals surface area contributed by atoms with Crippen molar-refractivity contribution in [3.8, 4) is 5.75 Å². The number of rotatable bonds is 7. The first-order valence-electron chi connectivity index (χ1n) is 7.21. The lowest BCUT2D eigenvalue weighted by molar-refractivity contribution is 0.320. The van der Waals surface area contributed by atoms with Gasteiger partial charge in [-0.1, -0.05) is 19.9 Å². The van der Waals surface area contributed by atoms with Crippen molar-refractivity contribution < 1.29 is 8.95 Å². The third kappa shape index (κ3) is 3.74. The van der Waals surface area contributed by atoms with Gasteiger partial charge in [-0.2, -0.15) is 0 Å². The van der Waals surface area contributed by atoms with Crippen LogP contribution in [-0.4, -0.2) is 31.9 Å². The number of aromatic nitrogens is 2. The first-order valence-corrected chi connectivity index (χ1v) is 9.24. The SMILES string of the molecule is CCCOc1cccc2c1[nH]c(=S)n2CCC(C)S(C)=O. The van der Waals surface area contributed by atoms with E-state index in [2.05, 4.69) is 16.5 Å². The molecule has 2 rings (SSSR count). The van der Waals surface area contributed by atoms with E-state index in [9.17, 15) is 4.21 Å². The number of nitrogens with zero attached hydrogens (tertiary/aromatic N) is 1. The Kier molecular flexibility index (Phi) is 5.58. The van der Waals surface area contributed by atoms with Gasteiger partial charge in [0.2, 0.25) is 0 Å². The molecule has 6 heteroatoms. The Bertz CT molecular complexity index is 691. The number of imidazole rings is 1. The number of aromatic amines is 1. The molecule has 0 amide bonds. The minimum Gasteiger partial charge on any atom is -0.491 e. The summed E-state index contributed by atoms with van der Waals surface area (Å²) in [4.78, 5) is 3.23. The van der Waals surface area contributed by atoms with E-state index in [1.165, 1.54) is 0 Å². The maximum Gasteiger partial charge on any atom is 0.178 e. The molecule has 0 bridgehead atoms. The lowest BCUT2D eigenvalue weighted by atomic mass is 10.2. The number of para-hydroxylation sites is 1. The fourth-order valence-corrected chi connectivity index (χ4v) is 2.91. The quantitative estimate of drug-likeness (QED) is 0.790. The molecule has 0 aliphatic carbocycles. The molecule has 2 atom stereocenters. The Balaban J connectivity index is 2.30. The van der Waals surface area contributed by atoms with E-state index in [1.54, 1.807) is 6.26 Å². The summed E-state index contributed by atoms with van der Waals surface area (Å²) in [6, 6.07) is 5.97. The van der Waals surface area contributed by atoms with E-state index >= 15 is 0 Å². The zero-order valence-electron chi connectivity index (χ0n) is 12.7. The second-order valence-electron chi connectivity index (χ2n) is 5.18.